The molecule has 0 spiro atoms. The van der Waals surface area contributed by atoms with Crippen LogP contribution < -0.4 is 0 Å². The number of hydrogen-bond acceptors (Lipinski definition) is 1. The smallest absolute Gasteiger partial charge is 0.159 e. The summed E-state index contributed by atoms with van der Waals surface area (Å²) in [6.45, 7) is 6.51. The van der Waals surface area contributed by atoms with Gasteiger partial charge in [0.2, 0.25) is 0 Å². The van der Waals surface area contributed by atoms with E-state index in [-0.39, 0.29) is 4.75 Å². The molecule has 3 heteroatoms. The largest absolute Gasteiger partial charge is 0.306 e. The van der Waals surface area contributed by atoms with Gasteiger partial charge in [-0.15, -0.1) is 0 Å². The molecular formula is C17H26O2S. The predicted molar refractivity (Wildman–Crippen MR) is 85.6 cm³/mol. The summed E-state index contributed by atoms with van der Waals surface area (Å²) in [5.74, 6) is 0. The molecule has 1 aliphatic rings. The average Bonchev–Trinajstić information content (AvgIpc) is 3.15. The van der Waals surface area contributed by atoms with E-state index in [0.717, 1.165) is 25.7 Å². The molecule has 1 saturated carbocycles. The molecule has 20 heavy (non-hydrogen) atoms. The summed E-state index contributed by atoms with van der Waals surface area (Å²) in [6.07, 6.45) is 7.45. The van der Waals surface area contributed by atoms with Crippen LogP contribution in [0, 0.1) is 13.8 Å². The molecule has 2 nitrogen and oxygen atoms in total. The van der Waals surface area contributed by atoms with Crippen LogP contribution in [0.4, 0.5) is 0 Å². The summed E-state index contributed by atoms with van der Waals surface area (Å²) in [7, 11) is 0. The molecule has 0 saturated heterocycles. The Balaban J connectivity index is 2.13. The molecule has 1 aromatic carbocycles. The Hall–Kier alpha value is -0.670. The summed E-state index contributed by atoms with van der Waals surface area (Å²) in [5.41, 5.74) is 5.26. The number of hydrogen-bond donors (Lipinski definition) is 1. The lowest BCUT2D eigenvalue weighted by Crippen LogP contribution is -2.20. The lowest BCUT2D eigenvalue weighted by Gasteiger charge is -2.17. The first-order chi connectivity index (χ1) is 9.48. The van der Waals surface area contributed by atoms with E-state index in [1.165, 1.54) is 41.5 Å². The Morgan fingerprint density at radius 3 is 2.25 bits per heavy atom. The molecule has 1 N–H and O–H groups in total. The van der Waals surface area contributed by atoms with Crippen molar-refractivity contribution in [3.8, 4) is 0 Å². The fourth-order valence-electron chi connectivity index (χ4n) is 2.96. The van der Waals surface area contributed by atoms with Crippen molar-refractivity contribution in [1.82, 2.24) is 0 Å². The highest BCUT2D eigenvalue weighted by molar-refractivity contribution is 7.81. The van der Waals surface area contributed by atoms with Gasteiger partial charge in [-0.2, -0.15) is 0 Å². The van der Waals surface area contributed by atoms with Crippen molar-refractivity contribution in [1.29, 1.82) is 0 Å². The van der Waals surface area contributed by atoms with Gasteiger partial charge >= 0.3 is 0 Å². The third kappa shape index (κ3) is 3.50. The normalized spacial score (nSPS) is 18.0. The van der Waals surface area contributed by atoms with Crippen LogP contribution in [0.3, 0.4) is 0 Å². The molecule has 2 rings (SSSR count). The average molecular weight is 294 g/mol. The fourth-order valence-corrected chi connectivity index (χ4v) is 3.68. The van der Waals surface area contributed by atoms with E-state index in [0.29, 0.717) is 0 Å². The van der Waals surface area contributed by atoms with Gasteiger partial charge < -0.3 is 4.55 Å². The molecule has 0 aromatic heterocycles. The van der Waals surface area contributed by atoms with Gasteiger partial charge in [0.05, 0.1) is 4.75 Å². The second kappa shape index (κ2) is 6.40. The van der Waals surface area contributed by atoms with Crippen molar-refractivity contribution >= 4 is 11.1 Å². The summed E-state index contributed by atoms with van der Waals surface area (Å²) < 4.78 is 20.6. The van der Waals surface area contributed by atoms with Crippen LogP contribution in [0.5, 0.6) is 0 Å². The van der Waals surface area contributed by atoms with Gasteiger partial charge in [-0.05, 0) is 68.2 Å². The first-order valence-corrected chi connectivity index (χ1v) is 8.79. The molecular weight excluding hydrogens is 268 g/mol. The minimum Gasteiger partial charge on any atom is -0.306 e. The second-order valence-electron chi connectivity index (χ2n) is 6.27. The molecule has 1 aliphatic carbocycles. The SMILES string of the molecule is CCCCCc1cc(C)c(CC2(S(=O)O)CC2)c(C)c1. The molecule has 0 bridgehead atoms. The third-order valence-corrected chi connectivity index (χ3v) is 5.80. The zero-order valence-corrected chi connectivity index (χ0v) is 13.7. The molecule has 1 atom stereocenters. The molecule has 0 heterocycles. The van der Waals surface area contributed by atoms with E-state index < -0.39 is 11.1 Å². The number of rotatable bonds is 7. The van der Waals surface area contributed by atoms with Crippen LogP contribution in [0.25, 0.3) is 0 Å². The van der Waals surface area contributed by atoms with Crippen LogP contribution in [0.1, 0.15) is 61.3 Å². The number of aryl methyl sites for hydroxylation is 3. The third-order valence-electron chi connectivity index (χ3n) is 4.50. The Morgan fingerprint density at radius 2 is 1.80 bits per heavy atom. The van der Waals surface area contributed by atoms with Crippen molar-refractivity contribution in [2.75, 3.05) is 0 Å². The van der Waals surface area contributed by atoms with Crippen molar-refractivity contribution in [2.24, 2.45) is 0 Å². The monoisotopic (exact) mass is 294 g/mol. The maximum Gasteiger partial charge on any atom is 0.159 e. The molecule has 0 aliphatic heterocycles. The highest BCUT2D eigenvalue weighted by Gasteiger charge is 2.49. The highest BCUT2D eigenvalue weighted by atomic mass is 32.2. The van der Waals surface area contributed by atoms with Crippen LogP contribution in [0.2, 0.25) is 0 Å². The first kappa shape index (κ1) is 15.7. The maximum atomic E-state index is 11.5. The second-order valence-corrected chi connectivity index (χ2v) is 7.64. The van der Waals surface area contributed by atoms with E-state index in [1.807, 2.05) is 0 Å². The van der Waals surface area contributed by atoms with Gasteiger partial charge in [0.1, 0.15) is 0 Å². The van der Waals surface area contributed by atoms with E-state index in [1.54, 1.807) is 0 Å². The molecule has 0 radical (unpaired) electrons. The van der Waals surface area contributed by atoms with Gasteiger partial charge in [0, 0.05) is 0 Å². The Bertz CT molecular complexity index is 481. The summed E-state index contributed by atoms with van der Waals surface area (Å²) in [5, 5.41) is 0. The Labute approximate surface area is 125 Å². The zero-order chi connectivity index (χ0) is 14.8. The van der Waals surface area contributed by atoms with Crippen molar-refractivity contribution in [2.45, 2.75) is 70.5 Å². The number of unbranched alkanes of at least 4 members (excludes halogenated alkanes) is 2. The van der Waals surface area contributed by atoms with E-state index in [4.69, 9.17) is 0 Å². The topological polar surface area (TPSA) is 37.3 Å². The zero-order valence-electron chi connectivity index (χ0n) is 12.9. The van der Waals surface area contributed by atoms with Crippen LogP contribution in [0.15, 0.2) is 12.1 Å². The van der Waals surface area contributed by atoms with Crippen LogP contribution >= 0.6 is 0 Å². The number of benzene rings is 1. The van der Waals surface area contributed by atoms with Crippen LogP contribution in [-0.4, -0.2) is 13.5 Å². The first-order valence-electron chi connectivity index (χ1n) is 7.68. The molecule has 112 valence electrons. The van der Waals surface area contributed by atoms with Crippen LogP contribution in [-0.2, 0) is 23.9 Å². The molecule has 1 fully saturated rings. The van der Waals surface area contributed by atoms with Gasteiger partial charge in [-0.25, -0.2) is 4.21 Å². The summed E-state index contributed by atoms with van der Waals surface area (Å²) in [4.78, 5) is 0. The van der Waals surface area contributed by atoms with E-state index in [2.05, 4.69) is 32.9 Å². The van der Waals surface area contributed by atoms with E-state index >= 15 is 0 Å². The van der Waals surface area contributed by atoms with Gasteiger partial charge in [-0.3, -0.25) is 0 Å². The lowest BCUT2D eigenvalue weighted by molar-refractivity contribution is 0.542. The van der Waals surface area contributed by atoms with Gasteiger partial charge in [0.25, 0.3) is 0 Å². The summed E-state index contributed by atoms with van der Waals surface area (Å²) >= 11 is -1.69. The minimum atomic E-state index is -1.69. The molecule has 1 unspecified atom stereocenters. The fraction of sp³-hybridized carbons (Fsp3) is 0.647. The standard InChI is InChI=1S/C17H26O2S/c1-4-5-6-7-15-10-13(2)16(14(3)11-15)12-17(8-9-17)20(18)19/h10-11H,4-9,12H2,1-3H3,(H,18,19). The van der Waals surface area contributed by atoms with Gasteiger partial charge in [0.15, 0.2) is 11.1 Å². The summed E-state index contributed by atoms with van der Waals surface area (Å²) in [6, 6.07) is 4.54. The van der Waals surface area contributed by atoms with Crippen molar-refractivity contribution < 1.29 is 8.76 Å². The van der Waals surface area contributed by atoms with Crippen molar-refractivity contribution in [3.05, 3.63) is 34.4 Å². The highest BCUT2D eigenvalue weighted by Crippen LogP contribution is 2.44. The predicted octanol–water partition coefficient (Wildman–Crippen LogP) is 4.33. The quantitative estimate of drug-likeness (QED) is 0.600. The maximum absolute atomic E-state index is 11.5. The Morgan fingerprint density at radius 1 is 1.20 bits per heavy atom. The lowest BCUT2D eigenvalue weighted by atomic mass is 9.93. The van der Waals surface area contributed by atoms with E-state index in [9.17, 15) is 8.76 Å². The van der Waals surface area contributed by atoms with Gasteiger partial charge in [-0.1, -0.05) is 31.9 Å². The molecule has 1 aromatic rings. The Kier molecular flexibility index (Phi) is 5.03. The molecule has 0 amide bonds. The minimum absolute atomic E-state index is 0.348. The van der Waals surface area contributed by atoms with Crippen molar-refractivity contribution in [3.63, 3.8) is 0 Å².